The zero-order valence-corrected chi connectivity index (χ0v) is 10.8. The summed E-state index contributed by atoms with van der Waals surface area (Å²) in [5.41, 5.74) is 1.35. The second kappa shape index (κ2) is 5.09. The first kappa shape index (κ1) is 12.3. The molecule has 0 amide bonds. The molecule has 3 rings (SSSR count). The van der Waals surface area contributed by atoms with Gasteiger partial charge >= 0.3 is 0 Å². The second-order valence-electron chi connectivity index (χ2n) is 5.05. The number of hydrogen-bond acceptors (Lipinski definition) is 4. The van der Waals surface area contributed by atoms with E-state index >= 15 is 0 Å². The van der Waals surface area contributed by atoms with Crippen LogP contribution in [0.3, 0.4) is 0 Å². The van der Waals surface area contributed by atoms with Crippen LogP contribution in [0, 0.1) is 18.7 Å². The normalized spacial score (nSPS) is 14.8. The Balaban J connectivity index is 1.67. The van der Waals surface area contributed by atoms with Gasteiger partial charge in [-0.05, 0) is 56.0 Å². The molecule has 5 heteroatoms. The standard InChI is InChI=1S/C14H16FN3O/c1-9-6-11(4-5-12(9)15)14-17-13(19-18-14)8-16-7-10-2-3-10/h4-6,10,16H,2-3,7-8H2,1H3. The van der Waals surface area contributed by atoms with Gasteiger partial charge in [0, 0.05) is 5.56 Å². The number of hydrogen-bond donors (Lipinski definition) is 1. The first-order valence-corrected chi connectivity index (χ1v) is 6.52. The lowest BCUT2D eigenvalue weighted by Crippen LogP contribution is -2.16. The minimum absolute atomic E-state index is 0.224. The number of rotatable bonds is 5. The molecule has 1 aliphatic rings. The van der Waals surface area contributed by atoms with E-state index in [1.54, 1.807) is 19.1 Å². The number of aromatic nitrogens is 2. The van der Waals surface area contributed by atoms with E-state index in [4.69, 9.17) is 4.52 Å². The van der Waals surface area contributed by atoms with Crippen molar-refractivity contribution in [1.29, 1.82) is 0 Å². The second-order valence-corrected chi connectivity index (χ2v) is 5.05. The lowest BCUT2D eigenvalue weighted by Gasteiger charge is -1.98. The number of halogens is 1. The molecule has 100 valence electrons. The van der Waals surface area contributed by atoms with Gasteiger partial charge in [-0.1, -0.05) is 5.16 Å². The van der Waals surface area contributed by atoms with Crippen molar-refractivity contribution in [2.24, 2.45) is 5.92 Å². The van der Waals surface area contributed by atoms with E-state index in [1.165, 1.54) is 18.9 Å². The molecule has 0 radical (unpaired) electrons. The van der Waals surface area contributed by atoms with Gasteiger partial charge in [-0.2, -0.15) is 4.98 Å². The van der Waals surface area contributed by atoms with Crippen molar-refractivity contribution in [3.8, 4) is 11.4 Å². The summed E-state index contributed by atoms with van der Waals surface area (Å²) in [6.45, 7) is 3.31. The maximum Gasteiger partial charge on any atom is 0.240 e. The van der Waals surface area contributed by atoms with Crippen molar-refractivity contribution in [3.05, 3.63) is 35.5 Å². The van der Waals surface area contributed by atoms with Crippen molar-refractivity contribution in [1.82, 2.24) is 15.5 Å². The molecule has 4 nitrogen and oxygen atoms in total. The highest BCUT2D eigenvalue weighted by Crippen LogP contribution is 2.27. The van der Waals surface area contributed by atoms with Gasteiger partial charge in [0.2, 0.25) is 11.7 Å². The molecule has 1 fully saturated rings. The first-order valence-electron chi connectivity index (χ1n) is 6.52. The van der Waals surface area contributed by atoms with Crippen LogP contribution in [-0.2, 0) is 6.54 Å². The van der Waals surface area contributed by atoms with E-state index in [-0.39, 0.29) is 5.82 Å². The molecule has 1 saturated carbocycles. The summed E-state index contributed by atoms with van der Waals surface area (Å²) in [7, 11) is 0. The minimum atomic E-state index is -0.224. The van der Waals surface area contributed by atoms with Crippen molar-refractivity contribution < 1.29 is 8.91 Å². The predicted octanol–water partition coefficient (Wildman–Crippen LogP) is 2.68. The molecular formula is C14H16FN3O. The fourth-order valence-corrected chi connectivity index (χ4v) is 1.93. The smallest absolute Gasteiger partial charge is 0.240 e. The Hall–Kier alpha value is -1.75. The Labute approximate surface area is 111 Å². The third-order valence-electron chi connectivity index (χ3n) is 3.29. The summed E-state index contributed by atoms with van der Waals surface area (Å²) in [5.74, 6) is 1.67. The highest BCUT2D eigenvalue weighted by molar-refractivity contribution is 5.55. The molecule has 0 atom stereocenters. The van der Waals surface area contributed by atoms with E-state index in [9.17, 15) is 4.39 Å². The van der Waals surface area contributed by atoms with Crippen LogP contribution in [-0.4, -0.2) is 16.7 Å². The lowest BCUT2D eigenvalue weighted by molar-refractivity contribution is 0.367. The van der Waals surface area contributed by atoms with Crippen LogP contribution in [0.4, 0.5) is 4.39 Å². The number of benzene rings is 1. The highest BCUT2D eigenvalue weighted by Gasteiger charge is 2.20. The zero-order valence-electron chi connectivity index (χ0n) is 10.8. The molecule has 1 N–H and O–H groups in total. The topological polar surface area (TPSA) is 51.0 Å². The summed E-state index contributed by atoms with van der Waals surface area (Å²) in [6, 6.07) is 4.81. The molecule has 2 aromatic rings. The Bertz CT molecular complexity index is 578. The van der Waals surface area contributed by atoms with Gasteiger partial charge in [0.25, 0.3) is 0 Å². The number of aryl methyl sites for hydroxylation is 1. The molecule has 0 saturated heterocycles. The summed E-state index contributed by atoms with van der Waals surface area (Å²) in [6.07, 6.45) is 2.63. The first-order chi connectivity index (χ1) is 9.22. The maximum absolute atomic E-state index is 13.2. The highest BCUT2D eigenvalue weighted by atomic mass is 19.1. The van der Waals surface area contributed by atoms with E-state index in [0.29, 0.717) is 23.8 Å². The number of nitrogens with zero attached hydrogens (tertiary/aromatic N) is 2. The van der Waals surface area contributed by atoms with Crippen molar-refractivity contribution in [2.45, 2.75) is 26.3 Å². The van der Waals surface area contributed by atoms with Crippen LogP contribution in [0.2, 0.25) is 0 Å². The summed E-state index contributed by atoms with van der Waals surface area (Å²) < 4.78 is 18.4. The third kappa shape index (κ3) is 2.98. The number of nitrogens with one attached hydrogen (secondary N) is 1. The molecule has 1 aromatic carbocycles. The van der Waals surface area contributed by atoms with E-state index in [2.05, 4.69) is 15.5 Å². The molecule has 0 aliphatic heterocycles. The Morgan fingerprint density at radius 1 is 1.42 bits per heavy atom. The van der Waals surface area contributed by atoms with Crippen LogP contribution in [0.5, 0.6) is 0 Å². The quantitative estimate of drug-likeness (QED) is 0.899. The Morgan fingerprint density at radius 3 is 3.00 bits per heavy atom. The average molecular weight is 261 g/mol. The van der Waals surface area contributed by atoms with Crippen molar-refractivity contribution >= 4 is 0 Å². The van der Waals surface area contributed by atoms with Crippen LogP contribution >= 0.6 is 0 Å². The molecule has 1 aromatic heterocycles. The molecule has 19 heavy (non-hydrogen) atoms. The molecular weight excluding hydrogens is 245 g/mol. The van der Waals surface area contributed by atoms with Gasteiger partial charge in [0.15, 0.2) is 0 Å². The van der Waals surface area contributed by atoms with E-state index in [1.807, 2.05) is 0 Å². The molecule has 0 spiro atoms. The zero-order chi connectivity index (χ0) is 13.2. The summed E-state index contributed by atoms with van der Waals surface area (Å²) in [4.78, 5) is 4.31. The van der Waals surface area contributed by atoms with Gasteiger partial charge in [-0.25, -0.2) is 4.39 Å². The molecule has 0 unspecified atom stereocenters. The van der Waals surface area contributed by atoms with Gasteiger partial charge in [0.1, 0.15) is 5.82 Å². The molecule has 1 aliphatic carbocycles. The maximum atomic E-state index is 13.2. The Kier molecular flexibility index (Phi) is 3.29. The molecule has 1 heterocycles. The summed E-state index contributed by atoms with van der Waals surface area (Å²) in [5, 5.41) is 7.21. The third-order valence-corrected chi connectivity index (χ3v) is 3.29. The van der Waals surface area contributed by atoms with E-state index < -0.39 is 0 Å². The summed E-state index contributed by atoms with van der Waals surface area (Å²) >= 11 is 0. The van der Waals surface area contributed by atoms with Gasteiger partial charge in [-0.3, -0.25) is 0 Å². The Morgan fingerprint density at radius 2 is 2.26 bits per heavy atom. The lowest BCUT2D eigenvalue weighted by atomic mass is 10.1. The average Bonchev–Trinajstić information content (AvgIpc) is 3.10. The fraction of sp³-hybridized carbons (Fsp3) is 0.429. The van der Waals surface area contributed by atoms with Crippen LogP contribution in [0.1, 0.15) is 24.3 Å². The van der Waals surface area contributed by atoms with Gasteiger partial charge < -0.3 is 9.84 Å². The van der Waals surface area contributed by atoms with Crippen LogP contribution in [0.25, 0.3) is 11.4 Å². The van der Waals surface area contributed by atoms with E-state index in [0.717, 1.165) is 18.0 Å². The minimum Gasteiger partial charge on any atom is -0.338 e. The monoisotopic (exact) mass is 261 g/mol. The van der Waals surface area contributed by atoms with Gasteiger partial charge in [-0.15, -0.1) is 0 Å². The molecule has 0 bridgehead atoms. The van der Waals surface area contributed by atoms with Crippen molar-refractivity contribution in [3.63, 3.8) is 0 Å². The predicted molar refractivity (Wildman–Crippen MR) is 68.9 cm³/mol. The van der Waals surface area contributed by atoms with Crippen LogP contribution in [0.15, 0.2) is 22.7 Å². The fourth-order valence-electron chi connectivity index (χ4n) is 1.93. The van der Waals surface area contributed by atoms with Gasteiger partial charge in [0.05, 0.1) is 6.54 Å². The largest absolute Gasteiger partial charge is 0.338 e. The SMILES string of the molecule is Cc1cc(-c2noc(CNCC3CC3)n2)ccc1F. The van der Waals surface area contributed by atoms with Crippen LogP contribution < -0.4 is 5.32 Å². The van der Waals surface area contributed by atoms with Crippen molar-refractivity contribution in [2.75, 3.05) is 6.54 Å².